The number of anilines is 2. The first kappa shape index (κ1) is 14.1. The zero-order chi connectivity index (χ0) is 14.5. The average Bonchev–Trinajstić information content (AvgIpc) is 2.47. The maximum Gasteiger partial charge on any atom is 0.221 e. The number of benzene rings is 2. The minimum Gasteiger partial charge on any atom is -0.368 e. The molecule has 0 fully saturated rings. The minimum absolute atomic E-state index is 0.0521. The van der Waals surface area contributed by atoms with Crippen molar-refractivity contribution in [3.63, 3.8) is 0 Å². The Morgan fingerprint density at radius 3 is 2.20 bits per heavy atom. The Morgan fingerprint density at radius 2 is 1.65 bits per heavy atom. The second-order valence-corrected chi connectivity index (χ2v) is 4.93. The Labute approximate surface area is 120 Å². The normalized spacial score (nSPS) is 11.8. The molecule has 0 saturated heterocycles. The standard InChI is InChI=1S/C17H20N2O/c1-13(15-7-5-4-6-8-15)19(3)17-11-9-16(10-12-17)18-14(2)20/h4-13H,1-3H3,(H,18,20). The van der Waals surface area contributed by atoms with Gasteiger partial charge < -0.3 is 10.2 Å². The lowest BCUT2D eigenvalue weighted by Gasteiger charge is -2.27. The van der Waals surface area contributed by atoms with Crippen LogP contribution in [0.5, 0.6) is 0 Å². The third-order valence-corrected chi connectivity index (χ3v) is 3.46. The van der Waals surface area contributed by atoms with Gasteiger partial charge in [-0.1, -0.05) is 30.3 Å². The largest absolute Gasteiger partial charge is 0.368 e. The number of nitrogens with one attached hydrogen (secondary N) is 1. The summed E-state index contributed by atoms with van der Waals surface area (Å²) in [6.45, 7) is 3.69. The van der Waals surface area contributed by atoms with Crippen LogP contribution < -0.4 is 10.2 Å². The molecule has 20 heavy (non-hydrogen) atoms. The molecular formula is C17H20N2O. The van der Waals surface area contributed by atoms with E-state index in [9.17, 15) is 4.79 Å². The summed E-state index contributed by atoms with van der Waals surface area (Å²) in [6, 6.07) is 18.6. The fraction of sp³-hybridized carbons (Fsp3) is 0.235. The van der Waals surface area contributed by atoms with E-state index in [2.05, 4.69) is 48.5 Å². The molecule has 0 radical (unpaired) electrons. The molecule has 1 atom stereocenters. The van der Waals surface area contributed by atoms with Crippen molar-refractivity contribution in [2.24, 2.45) is 0 Å². The summed E-state index contributed by atoms with van der Waals surface area (Å²) in [6.07, 6.45) is 0. The molecule has 104 valence electrons. The first-order valence-electron chi connectivity index (χ1n) is 6.73. The molecule has 0 aliphatic rings. The summed E-state index contributed by atoms with van der Waals surface area (Å²) in [5.74, 6) is -0.0521. The zero-order valence-corrected chi connectivity index (χ0v) is 12.1. The van der Waals surface area contributed by atoms with Crippen molar-refractivity contribution in [3.05, 3.63) is 60.2 Å². The van der Waals surface area contributed by atoms with Gasteiger partial charge in [0.2, 0.25) is 5.91 Å². The van der Waals surface area contributed by atoms with Crippen molar-refractivity contribution >= 4 is 17.3 Å². The smallest absolute Gasteiger partial charge is 0.221 e. The minimum atomic E-state index is -0.0521. The van der Waals surface area contributed by atoms with Crippen LogP contribution >= 0.6 is 0 Å². The molecular weight excluding hydrogens is 248 g/mol. The van der Waals surface area contributed by atoms with E-state index < -0.39 is 0 Å². The van der Waals surface area contributed by atoms with Gasteiger partial charge in [0.25, 0.3) is 0 Å². The van der Waals surface area contributed by atoms with Gasteiger partial charge in [-0.15, -0.1) is 0 Å². The van der Waals surface area contributed by atoms with Crippen molar-refractivity contribution in [3.8, 4) is 0 Å². The number of carbonyl (C=O) groups excluding carboxylic acids is 1. The number of rotatable bonds is 4. The average molecular weight is 268 g/mol. The van der Waals surface area contributed by atoms with Crippen LogP contribution in [0.1, 0.15) is 25.5 Å². The first-order valence-corrected chi connectivity index (χ1v) is 6.73. The van der Waals surface area contributed by atoms with E-state index >= 15 is 0 Å². The predicted octanol–water partition coefficient (Wildman–Crippen LogP) is 3.84. The fourth-order valence-electron chi connectivity index (χ4n) is 2.16. The number of hydrogen-bond donors (Lipinski definition) is 1. The van der Waals surface area contributed by atoms with E-state index in [-0.39, 0.29) is 5.91 Å². The van der Waals surface area contributed by atoms with Crippen LogP contribution in [0.4, 0.5) is 11.4 Å². The summed E-state index contributed by atoms with van der Waals surface area (Å²) in [5.41, 5.74) is 3.22. The van der Waals surface area contributed by atoms with Crippen LogP contribution in [-0.2, 0) is 4.79 Å². The molecule has 0 spiro atoms. The second kappa shape index (κ2) is 6.24. The van der Waals surface area contributed by atoms with E-state index in [4.69, 9.17) is 0 Å². The summed E-state index contributed by atoms with van der Waals surface area (Å²) >= 11 is 0. The van der Waals surface area contributed by atoms with Gasteiger partial charge in [0.1, 0.15) is 0 Å². The van der Waals surface area contributed by atoms with Crippen molar-refractivity contribution in [2.45, 2.75) is 19.9 Å². The van der Waals surface area contributed by atoms with E-state index in [1.54, 1.807) is 0 Å². The van der Waals surface area contributed by atoms with Crippen LogP contribution in [-0.4, -0.2) is 13.0 Å². The lowest BCUT2D eigenvalue weighted by molar-refractivity contribution is -0.114. The van der Waals surface area contributed by atoms with Gasteiger partial charge >= 0.3 is 0 Å². The molecule has 1 N–H and O–H groups in total. The summed E-state index contributed by atoms with van der Waals surface area (Å²) in [4.78, 5) is 13.2. The lowest BCUT2D eigenvalue weighted by Crippen LogP contribution is -2.21. The molecule has 3 nitrogen and oxygen atoms in total. The van der Waals surface area contributed by atoms with Gasteiger partial charge in [-0.3, -0.25) is 4.79 Å². The van der Waals surface area contributed by atoms with Crippen LogP contribution in [0.2, 0.25) is 0 Å². The molecule has 0 aromatic heterocycles. The summed E-state index contributed by atoms with van der Waals surface area (Å²) in [5, 5.41) is 2.77. The molecule has 0 heterocycles. The fourth-order valence-corrected chi connectivity index (χ4v) is 2.16. The third kappa shape index (κ3) is 3.38. The first-order chi connectivity index (χ1) is 9.58. The van der Waals surface area contributed by atoms with Crippen molar-refractivity contribution in [1.82, 2.24) is 0 Å². The van der Waals surface area contributed by atoms with Gasteiger partial charge in [0.15, 0.2) is 0 Å². The Hall–Kier alpha value is -2.29. The zero-order valence-electron chi connectivity index (χ0n) is 12.1. The van der Waals surface area contributed by atoms with Crippen LogP contribution in [0.3, 0.4) is 0 Å². The lowest BCUT2D eigenvalue weighted by atomic mass is 10.1. The molecule has 2 rings (SSSR count). The Kier molecular flexibility index (Phi) is 4.41. The van der Waals surface area contributed by atoms with Crippen molar-refractivity contribution in [2.75, 3.05) is 17.3 Å². The maximum atomic E-state index is 11.0. The van der Waals surface area contributed by atoms with Gasteiger partial charge in [0, 0.05) is 25.3 Å². The van der Waals surface area contributed by atoms with Crippen molar-refractivity contribution < 1.29 is 4.79 Å². The monoisotopic (exact) mass is 268 g/mol. The number of amides is 1. The van der Waals surface area contributed by atoms with E-state index in [1.165, 1.54) is 12.5 Å². The molecule has 0 bridgehead atoms. The Balaban J connectivity index is 2.13. The summed E-state index contributed by atoms with van der Waals surface area (Å²) in [7, 11) is 2.07. The molecule has 1 amide bonds. The van der Waals surface area contributed by atoms with Gasteiger partial charge in [-0.25, -0.2) is 0 Å². The molecule has 1 unspecified atom stereocenters. The highest BCUT2D eigenvalue weighted by atomic mass is 16.1. The highest BCUT2D eigenvalue weighted by Crippen LogP contribution is 2.26. The van der Waals surface area contributed by atoms with Gasteiger partial charge in [-0.05, 0) is 36.8 Å². The van der Waals surface area contributed by atoms with E-state index in [1.807, 2.05) is 30.3 Å². The molecule has 2 aromatic carbocycles. The Bertz CT molecular complexity index is 563. The maximum absolute atomic E-state index is 11.0. The second-order valence-electron chi connectivity index (χ2n) is 4.93. The van der Waals surface area contributed by atoms with Crippen LogP contribution in [0, 0.1) is 0 Å². The molecule has 0 saturated carbocycles. The number of hydrogen-bond acceptors (Lipinski definition) is 2. The number of nitrogens with zero attached hydrogens (tertiary/aromatic N) is 1. The van der Waals surface area contributed by atoms with Crippen LogP contribution in [0.15, 0.2) is 54.6 Å². The quantitative estimate of drug-likeness (QED) is 0.913. The molecule has 0 aliphatic heterocycles. The molecule has 3 heteroatoms. The van der Waals surface area contributed by atoms with Gasteiger partial charge in [0.05, 0.1) is 6.04 Å². The Morgan fingerprint density at radius 1 is 1.05 bits per heavy atom. The van der Waals surface area contributed by atoms with E-state index in [0.29, 0.717) is 6.04 Å². The molecule has 2 aromatic rings. The summed E-state index contributed by atoms with van der Waals surface area (Å²) < 4.78 is 0. The van der Waals surface area contributed by atoms with E-state index in [0.717, 1.165) is 11.4 Å². The van der Waals surface area contributed by atoms with Crippen molar-refractivity contribution in [1.29, 1.82) is 0 Å². The number of carbonyl (C=O) groups is 1. The molecule has 0 aliphatic carbocycles. The van der Waals surface area contributed by atoms with Gasteiger partial charge in [-0.2, -0.15) is 0 Å². The third-order valence-electron chi connectivity index (χ3n) is 3.46. The highest BCUT2D eigenvalue weighted by Gasteiger charge is 2.11. The predicted molar refractivity (Wildman–Crippen MR) is 84.0 cm³/mol. The SMILES string of the molecule is CC(=O)Nc1ccc(N(C)C(C)c2ccccc2)cc1. The highest BCUT2D eigenvalue weighted by molar-refractivity contribution is 5.88. The topological polar surface area (TPSA) is 32.3 Å². The van der Waals surface area contributed by atoms with Crippen LogP contribution in [0.25, 0.3) is 0 Å².